The average molecular weight is 265 g/mol. The first-order valence-electron chi connectivity index (χ1n) is 6.31. The second-order valence-electron chi connectivity index (χ2n) is 5.07. The quantitative estimate of drug-likeness (QED) is 0.856. The average Bonchev–Trinajstić information content (AvgIpc) is 2.39. The molecule has 19 heavy (non-hydrogen) atoms. The molecule has 0 aromatic heterocycles. The van der Waals surface area contributed by atoms with Crippen LogP contribution in [0.5, 0.6) is 0 Å². The van der Waals surface area contributed by atoms with Gasteiger partial charge in [0.15, 0.2) is 0 Å². The summed E-state index contributed by atoms with van der Waals surface area (Å²) in [6, 6.07) is 5.68. The molecule has 0 saturated carbocycles. The highest BCUT2D eigenvalue weighted by molar-refractivity contribution is 5.94. The summed E-state index contributed by atoms with van der Waals surface area (Å²) >= 11 is 0. The largest absolute Gasteiger partial charge is 0.382 e. The number of hydrogen-bond donors (Lipinski definition) is 1. The van der Waals surface area contributed by atoms with Crippen molar-refractivity contribution in [2.45, 2.75) is 26.4 Å². The third-order valence-electron chi connectivity index (χ3n) is 3.33. The van der Waals surface area contributed by atoms with Crippen LogP contribution in [0, 0.1) is 13.8 Å². The van der Waals surface area contributed by atoms with Crippen molar-refractivity contribution in [1.29, 1.82) is 0 Å². The van der Waals surface area contributed by atoms with Crippen molar-refractivity contribution in [2.75, 3.05) is 27.4 Å². The number of hydrogen-bond acceptors (Lipinski definition) is 3. The zero-order chi connectivity index (χ0) is 14.5. The number of carbonyl (C=O) groups excluding carboxylic acids is 1. The molecule has 4 nitrogen and oxygen atoms in total. The Morgan fingerprint density at radius 2 is 1.95 bits per heavy atom. The van der Waals surface area contributed by atoms with Crippen LogP contribution in [0.2, 0.25) is 0 Å². The highest BCUT2D eigenvalue weighted by Gasteiger charge is 2.24. The fourth-order valence-electron chi connectivity index (χ4n) is 1.74. The van der Waals surface area contributed by atoms with Crippen molar-refractivity contribution >= 4 is 5.91 Å². The van der Waals surface area contributed by atoms with Crippen LogP contribution in [-0.2, 0) is 9.47 Å². The molecule has 1 aromatic carbocycles. The molecule has 1 atom stereocenters. The molecule has 0 aliphatic rings. The monoisotopic (exact) mass is 265 g/mol. The third kappa shape index (κ3) is 4.33. The number of amides is 1. The van der Waals surface area contributed by atoms with E-state index in [1.165, 1.54) is 5.56 Å². The summed E-state index contributed by atoms with van der Waals surface area (Å²) in [7, 11) is 3.23. The summed E-state index contributed by atoms with van der Waals surface area (Å²) in [6.45, 7) is 6.75. The molecule has 1 aromatic rings. The maximum atomic E-state index is 12.1. The van der Waals surface area contributed by atoms with Crippen molar-refractivity contribution in [1.82, 2.24) is 5.32 Å². The van der Waals surface area contributed by atoms with E-state index in [9.17, 15) is 4.79 Å². The first kappa shape index (κ1) is 15.7. The second-order valence-corrected chi connectivity index (χ2v) is 5.07. The first-order valence-corrected chi connectivity index (χ1v) is 6.31. The minimum absolute atomic E-state index is 0.0949. The zero-order valence-corrected chi connectivity index (χ0v) is 12.4. The minimum atomic E-state index is -0.510. The molecule has 4 heteroatoms. The van der Waals surface area contributed by atoms with Crippen molar-refractivity contribution in [3.8, 4) is 0 Å². The van der Waals surface area contributed by atoms with E-state index in [0.717, 1.165) is 5.56 Å². The fourth-order valence-corrected chi connectivity index (χ4v) is 1.74. The van der Waals surface area contributed by atoms with Gasteiger partial charge in [-0.3, -0.25) is 4.79 Å². The number of ether oxygens (including phenoxy) is 2. The Balaban J connectivity index is 2.67. The Hall–Kier alpha value is -1.39. The van der Waals surface area contributed by atoms with E-state index in [1.54, 1.807) is 14.2 Å². The van der Waals surface area contributed by atoms with Gasteiger partial charge in [-0.15, -0.1) is 0 Å². The van der Waals surface area contributed by atoms with Gasteiger partial charge in [-0.25, -0.2) is 0 Å². The molecule has 106 valence electrons. The lowest BCUT2D eigenvalue weighted by molar-refractivity contribution is -0.0479. The lowest BCUT2D eigenvalue weighted by atomic mass is 10.0. The Labute approximate surface area is 115 Å². The number of nitrogens with one attached hydrogen (secondary N) is 1. The van der Waals surface area contributed by atoms with E-state index < -0.39 is 5.60 Å². The summed E-state index contributed by atoms with van der Waals surface area (Å²) in [6.07, 6.45) is 0. The standard InChI is InChI=1S/C15H23NO3/c1-11-6-7-13(8-12(11)2)14(17)16-9-15(3,19-5)10-18-4/h6-8H,9-10H2,1-5H3,(H,16,17)/t15-/m0/s1. The Morgan fingerprint density at radius 1 is 1.26 bits per heavy atom. The number of rotatable bonds is 6. The Kier molecular flexibility index (Phi) is 5.51. The molecule has 0 fully saturated rings. The van der Waals surface area contributed by atoms with E-state index in [4.69, 9.17) is 9.47 Å². The van der Waals surface area contributed by atoms with Crippen molar-refractivity contribution in [2.24, 2.45) is 0 Å². The molecule has 0 spiro atoms. The second kappa shape index (κ2) is 6.68. The van der Waals surface area contributed by atoms with E-state index in [2.05, 4.69) is 5.32 Å². The van der Waals surface area contributed by atoms with Gasteiger partial charge in [-0.05, 0) is 44.0 Å². The summed E-state index contributed by atoms with van der Waals surface area (Å²) in [5.74, 6) is -0.0949. The van der Waals surface area contributed by atoms with Crippen LogP contribution in [0.4, 0.5) is 0 Å². The molecule has 0 heterocycles. The fraction of sp³-hybridized carbons (Fsp3) is 0.533. The van der Waals surface area contributed by atoms with Crippen LogP contribution < -0.4 is 5.32 Å². The van der Waals surface area contributed by atoms with Gasteiger partial charge in [0.05, 0.1) is 6.61 Å². The SMILES string of the molecule is COC[C@](C)(CNC(=O)c1ccc(C)c(C)c1)OC. The van der Waals surface area contributed by atoms with Gasteiger partial charge in [0, 0.05) is 26.3 Å². The highest BCUT2D eigenvalue weighted by atomic mass is 16.5. The summed E-state index contributed by atoms with van der Waals surface area (Å²) in [5, 5.41) is 2.88. The molecule has 1 amide bonds. The summed E-state index contributed by atoms with van der Waals surface area (Å²) in [5.41, 5.74) is 2.44. The zero-order valence-electron chi connectivity index (χ0n) is 12.4. The summed E-state index contributed by atoms with van der Waals surface area (Å²) in [4.78, 5) is 12.1. The summed E-state index contributed by atoms with van der Waals surface area (Å²) < 4.78 is 10.5. The van der Waals surface area contributed by atoms with Gasteiger partial charge in [-0.2, -0.15) is 0 Å². The molecule has 0 saturated heterocycles. The van der Waals surface area contributed by atoms with Gasteiger partial charge >= 0.3 is 0 Å². The molecule has 0 aliphatic carbocycles. The predicted octanol–water partition coefficient (Wildman–Crippen LogP) is 2.08. The van der Waals surface area contributed by atoms with Crippen LogP contribution >= 0.6 is 0 Å². The lowest BCUT2D eigenvalue weighted by Gasteiger charge is -2.27. The minimum Gasteiger partial charge on any atom is -0.382 e. The highest BCUT2D eigenvalue weighted by Crippen LogP contribution is 2.11. The van der Waals surface area contributed by atoms with Crippen LogP contribution in [0.25, 0.3) is 0 Å². The predicted molar refractivity (Wildman–Crippen MR) is 75.5 cm³/mol. The van der Waals surface area contributed by atoms with Crippen LogP contribution in [-0.4, -0.2) is 38.9 Å². The van der Waals surface area contributed by atoms with Crippen LogP contribution in [0.3, 0.4) is 0 Å². The number of carbonyl (C=O) groups is 1. The normalized spacial score (nSPS) is 13.9. The van der Waals surface area contributed by atoms with Crippen molar-refractivity contribution < 1.29 is 14.3 Å². The van der Waals surface area contributed by atoms with E-state index in [-0.39, 0.29) is 5.91 Å². The number of aryl methyl sites for hydroxylation is 2. The van der Waals surface area contributed by atoms with Crippen molar-refractivity contribution in [3.05, 3.63) is 34.9 Å². The van der Waals surface area contributed by atoms with E-state index >= 15 is 0 Å². The molecule has 1 rings (SSSR count). The van der Waals surface area contributed by atoms with E-state index in [0.29, 0.717) is 18.7 Å². The van der Waals surface area contributed by atoms with Crippen molar-refractivity contribution in [3.63, 3.8) is 0 Å². The maximum absolute atomic E-state index is 12.1. The topological polar surface area (TPSA) is 47.6 Å². The lowest BCUT2D eigenvalue weighted by Crippen LogP contribution is -2.45. The third-order valence-corrected chi connectivity index (χ3v) is 3.33. The number of methoxy groups -OCH3 is 2. The molecular weight excluding hydrogens is 242 g/mol. The Bertz CT molecular complexity index is 445. The van der Waals surface area contributed by atoms with E-state index in [1.807, 2.05) is 39.0 Å². The molecule has 0 bridgehead atoms. The van der Waals surface area contributed by atoms with Gasteiger partial charge < -0.3 is 14.8 Å². The smallest absolute Gasteiger partial charge is 0.251 e. The molecule has 0 radical (unpaired) electrons. The number of benzene rings is 1. The van der Waals surface area contributed by atoms with Crippen LogP contribution in [0.1, 0.15) is 28.4 Å². The van der Waals surface area contributed by atoms with Gasteiger partial charge in [0.25, 0.3) is 5.91 Å². The maximum Gasteiger partial charge on any atom is 0.251 e. The molecular formula is C15H23NO3. The van der Waals surface area contributed by atoms with Crippen LogP contribution in [0.15, 0.2) is 18.2 Å². The van der Waals surface area contributed by atoms with Gasteiger partial charge in [0.1, 0.15) is 5.60 Å². The van der Waals surface area contributed by atoms with Gasteiger partial charge in [-0.1, -0.05) is 6.07 Å². The Morgan fingerprint density at radius 3 is 2.47 bits per heavy atom. The molecule has 1 N–H and O–H groups in total. The first-order chi connectivity index (χ1) is 8.91. The molecule has 0 aliphatic heterocycles. The molecule has 0 unspecified atom stereocenters. The van der Waals surface area contributed by atoms with Gasteiger partial charge in [0.2, 0.25) is 0 Å².